The third-order valence-electron chi connectivity index (χ3n) is 4.06. The molecule has 0 spiro atoms. The number of methoxy groups -OCH3 is 1. The van der Waals surface area contributed by atoms with E-state index >= 15 is 0 Å². The molecule has 0 amide bonds. The first-order chi connectivity index (χ1) is 12.0. The fraction of sp³-hybridized carbons (Fsp3) is 0.421. The Morgan fingerprint density at radius 3 is 2.60 bits per heavy atom. The third-order valence-corrected chi connectivity index (χ3v) is 4.06. The van der Waals surface area contributed by atoms with Gasteiger partial charge in [0.05, 0.1) is 26.3 Å². The highest BCUT2D eigenvalue weighted by Crippen LogP contribution is 2.18. The Bertz CT molecular complexity index is 679. The largest absolute Gasteiger partial charge is 0.497 e. The molecule has 2 aromatic rings. The van der Waals surface area contributed by atoms with Crippen LogP contribution < -0.4 is 10.1 Å². The van der Waals surface area contributed by atoms with E-state index in [9.17, 15) is 5.11 Å². The van der Waals surface area contributed by atoms with Crippen molar-refractivity contribution < 1.29 is 9.84 Å². The average molecular weight is 344 g/mol. The van der Waals surface area contributed by atoms with Gasteiger partial charge in [0.1, 0.15) is 5.75 Å². The summed E-state index contributed by atoms with van der Waals surface area (Å²) in [6.45, 7) is 3.85. The minimum Gasteiger partial charge on any atom is -0.497 e. The number of hydrogen-bond acceptors (Lipinski definition) is 3. The number of aliphatic hydroxyl groups excluding tert-OH is 1. The van der Waals surface area contributed by atoms with Crippen molar-refractivity contribution in [3.05, 3.63) is 53.9 Å². The van der Waals surface area contributed by atoms with Crippen LogP contribution in [-0.4, -0.2) is 47.8 Å². The molecule has 0 radical (unpaired) electrons. The number of aryl methyl sites for hydroxylation is 1. The monoisotopic (exact) mass is 344 g/mol. The molecule has 6 nitrogen and oxygen atoms in total. The van der Waals surface area contributed by atoms with Crippen LogP contribution in [0.15, 0.2) is 47.6 Å². The van der Waals surface area contributed by atoms with Gasteiger partial charge in [-0.2, -0.15) is 0 Å². The van der Waals surface area contributed by atoms with Gasteiger partial charge in [0.2, 0.25) is 0 Å². The summed E-state index contributed by atoms with van der Waals surface area (Å²) < 4.78 is 7.23. The van der Waals surface area contributed by atoms with Gasteiger partial charge < -0.3 is 24.6 Å². The Hall–Kier alpha value is -2.47. The summed E-state index contributed by atoms with van der Waals surface area (Å²) in [6, 6.07) is 11.5. The highest BCUT2D eigenvalue weighted by atomic mass is 16.5. The fourth-order valence-corrected chi connectivity index (χ4v) is 2.55. The topological polar surface area (TPSA) is 62.0 Å². The first kappa shape index (κ1) is 18.9. The Morgan fingerprint density at radius 1 is 1.32 bits per heavy atom. The molecule has 6 heteroatoms. The smallest absolute Gasteiger partial charge is 0.194 e. The SMILES string of the molecule is CCNC(=NCC(O)c1ccc(OC)cc1)N(C)Cc1cccn1C. The van der Waals surface area contributed by atoms with Crippen LogP contribution >= 0.6 is 0 Å². The molecule has 0 saturated heterocycles. The van der Waals surface area contributed by atoms with Crippen LogP contribution in [0.2, 0.25) is 0 Å². The molecule has 0 fully saturated rings. The van der Waals surface area contributed by atoms with Crippen LogP contribution in [-0.2, 0) is 13.6 Å². The van der Waals surface area contributed by atoms with E-state index in [1.165, 1.54) is 5.69 Å². The molecule has 2 N–H and O–H groups in total. The third kappa shape index (κ3) is 5.26. The number of aliphatic hydroxyl groups is 1. The summed E-state index contributed by atoms with van der Waals surface area (Å²) in [5, 5.41) is 13.7. The first-order valence-electron chi connectivity index (χ1n) is 8.46. The van der Waals surface area contributed by atoms with Crippen LogP contribution in [0.4, 0.5) is 0 Å². The van der Waals surface area contributed by atoms with Crippen LogP contribution in [0.25, 0.3) is 0 Å². The van der Waals surface area contributed by atoms with Crippen molar-refractivity contribution in [2.24, 2.45) is 12.0 Å². The lowest BCUT2D eigenvalue weighted by Crippen LogP contribution is -2.39. The molecule has 0 aliphatic rings. The number of rotatable bonds is 7. The molecule has 0 aliphatic heterocycles. The molecule has 1 atom stereocenters. The van der Waals surface area contributed by atoms with Crippen LogP contribution in [0.1, 0.15) is 24.3 Å². The molecule has 2 rings (SSSR count). The van der Waals surface area contributed by atoms with Crippen LogP contribution in [0.3, 0.4) is 0 Å². The molecule has 0 saturated carbocycles. The molecule has 1 heterocycles. The van der Waals surface area contributed by atoms with E-state index in [0.29, 0.717) is 6.54 Å². The molecule has 0 aliphatic carbocycles. The zero-order valence-corrected chi connectivity index (χ0v) is 15.4. The van der Waals surface area contributed by atoms with Gasteiger partial charge >= 0.3 is 0 Å². The van der Waals surface area contributed by atoms with Gasteiger partial charge in [0.15, 0.2) is 5.96 Å². The molecule has 136 valence electrons. The number of aliphatic imine (C=N–C) groups is 1. The van der Waals surface area contributed by atoms with Gasteiger partial charge in [-0.1, -0.05) is 12.1 Å². The number of nitrogens with zero attached hydrogens (tertiary/aromatic N) is 3. The average Bonchev–Trinajstić information content (AvgIpc) is 3.03. The van der Waals surface area contributed by atoms with Crippen molar-refractivity contribution in [1.29, 1.82) is 0 Å². The van der Waals surface area contributed by atoms with E-state index in [0.717, 1.165) is 30.4 Å². The minimum absolute atomic E-state index is 0.298. The predicted molar refractivity (Wildman–Crippen MR) is 101 cm³/mol. The first-order valence-corrected chi connectivity index (χ1v) is 8.46. The molecular formula is C19H28N4O2. The molecule has 1 aromatic carbocycles. The number of nitrogens with one attached hydrogen (secondary N) is 1. The van der Waals surface area contributed by atoms with Gasteiger partial charge in [-0.15, -0.1) is 0 Å². The van der Waals surface area contributed by atoms with Crippen molar-refractivity contribution in [2.75, 3.05) is 27.2 Å². The van der Waals surface area contributed by atoms with Gasteiger partial charge in [-0.05, 0) is 36.8 Å². The number of benzene rings is 1. The van der Waals surface area contributed by atoms with E-state index in [-0.39, 0.29) is 0 Å². The number of ether oxygens (including phenoxy) is 1. The number of guanidine groups is 1. The van der Waals surface area contributed by atoms with Crippen LogP contribution in [0, 0.1) is 0 Å². The number of aromatic nitrogens is 1. The summed E-state index contributed by atoms with van der Waals surface area (Å²) in [5.74, 6) is 1.55. The highest BCUT2D eigenvalue weighted by Gasteiger charge is 2.11. The van der Waals surface area contributed by atoms with Crippen LogP contribution in [0.5, 0.6) is 5.75 Å². The minimum atomic E-state index is -0.650. The molecular weight excluding hydrogens is 316 g/mol. The van der Waals surface area contributed by atoms with Crippen molar-refractivity contribution in [2.45, 2.75) is 19.6 Å². The van der Waals surface area contributed by atoms with E-state index in [1.807, 2.05) is 57.5 Å². The molecule has 1 unspecified atom stereocenters. The summed E-state index contributed by atoms with van der Waals surface area (Å²) in [4.78, 5) is 6.64. The van der Waals surface area contributed by atoms with Crippen molar-refractivity contribution >= 4 is 5.96 Å². The van der Waals surface area contributed by atoms with Crippen molar-refractivity contribution in [3.63, 3.8) is 0 Å². The standard InChI is InChI=1S/C19H28N4O2/c1-5-20-19(23(3)14-16-7-6-12-22(16)2)21-13-18(24)15-8-10-17(25-4)11-9-15/h6-12,18,24H,5,13-14H2,1-4H3,(H,20,21). The maximum absolute atomic E-state index is 10.4. The molecule has 1 aromatic heterocycles. The van der Waals surface area contributed by atoms with Gasteiger partial charge in [-0.25, -0.2) is 0 Å². The predicted octanol–water partition coefficient (Wildman–Crippen LogP) is 2.16. The highest BCUT2D eigenvalue weighted by molar-refractivity contribution is 5.79. The van der Waals surface area contributed by atoms with Gasteiger partial charge in [-0.3, -0.25) is 4.99 Å². The normalized spacial score (nSPS) is 12.8. The molecule has 25 heavy (non-hydrogen) atoms. The summed E-state index contributed by atoms with van der Waals surface area (Å²) >= 11 is 0. The Labute approximate surface area is 149 Å². The lowest BCUT2D eigenvalue weighted by atomic mass is 10.1. The van der Waals surface area contributed by atoms with E-state index in [4.69, 9.17) is 4.74 Å². The Balaban J connectivity index is 2.03. The second kappa shape index (κ2) is 9.13. The zero-order valence-electron chi connectivity index (χ0n) is 15.4. The number of hydrogen-bond donors (Lipinski definition) is 2. The summed E-state index contributed by atoms with van der Waals surface area (Å²) in [7, 11) is 5.65. The lowest BCUT2D eigenvalue weighted by molar-refractivity contribution is 0.186. The second-order valence-corrected chi connectivity index (χ2v) is 5.95. The maximum Gasteiger partial charge on any atom is 0.194 e. The van der Waals surface area contributed by atoms with Crippen molar-refractivity contribution in [3.8, 4) is 5.75 Å². The van der Waals surface area contributed by atoms with E-state index in [1.54, 1.807) is 7.11 Å². The quantitative estimate of drug-likeness (QED) is 0.597. The summed E-state index contributed by atoms with van der Waals surface area (Å²) in [6.07, 6.45) is 1.38. The van der Waals surface area contributed by atoms with E-state index in [2.05, 4.69) is 25.8 Å². The van der Waals surface area contributed by atoms with Gasteiger partial charge in [0.25, 0.3) is 0 Å². The van der Waals surface area contributed by atoms with Gasteiger partial charge in [0, 0.05) is 32.5 Å². The maximum atomic E-state index is 10.4. The van der Waals surface area contributed by atoms with Crippen molar-refractivity contribution in [1.82, 2.24) is 14.8 Å². The molecule has 0 bridgehead atoms. The Morgan fingerprint density at radius 2 is 2.04 bits per heavy atom. The summed E-state index contributed by atoms with van der Waals surface area (Å²) in [5.41, 5.74) is 2.02. The second-order valence-electron chi connectivity index (χ2n) is 5.95. The Kier molecular flexibility index (Phi) is 6.89. The van der Waals surface area contributed by atoms with E-state index < -0.39 is 6.10 Å². The fourth-order valence-electron chi connectivity index (χ4n) is 2.55. The zero-order chi connectivity index (χ0) is 18.2. The lowest BCUT2D eigenvalue weighted by Gasteiger charge is -2.23.